The Morgan fingerprint density at radius 3 is 2.78 bits per heavy atom. The Bertz CT molecular complexity index is 435. The molecule has 1 fully saturated rings. The van der Waals surface area contributed by atoms with Crippen LogP contribution in [-0.2, 0) is 16.0 Å². The van der Waals surface area contributed by atoms with Gasteiger partial charge in [0, 0.05) is 30.0 Å². The van der Waals surface area contributed by atoms with Crippen molar-refractivity contribution in [1.82, 2.24) is 0 Å². The number of nitrogens with one attached hydrogen (secondary N) is 1. The number of hydrogen-bond donors (Lipinski definition) is 1. The average Bonchev–Trinajstić information content (AvgIpc) is 2.39. The zero-order valence-electron chi connectivity index (χ0n) is 10.0. The van der Waals surface area contributed by atoms with Crippen molar-refractivity contribution in [2.45, 2.75) is 0 Å². The van der Waals surface area contributed by atoms with Crippen LogP contribution in [0.4, 0.5) is 11.4 Å². The second kappa shape index (κ2) is 6.03. The van der Waals surface area contributed by atoms with E-state index < -0.39 is 11.3 Å². The van der Waals surface area contributed by atoms with Gasteiger partial charge in [-0.1, -0.05) is 0 Å². The second-order valence-electron chi connectivity index (χ2n) is 3.82. The van der Waals surface area contributed by atoms with E-state index >= 15 is 0 Å². The molecule has 1 aliphatic heterocycles. The van der Waals surface area contributed by atoms with Crippen molar-refractivity contribution in [3.8, 4) is 5.75 Å². The molecule has 0 spiro atoms. The third kappa shape index (κ3) is 3.12. The molecule has 0 aliphatic carbocycles. The highest BCUT2D eigenvalue weighted by molar-refractivity contribution is 7.80. The van der Waals surface area contributed by atoms with E-state index in [1.165, 1.54) is 7.11 Å². The fourth-order valence-corrected chi connectivity index (χ4v) is 2.22. The zero-order valence-corrected chi connectivity index (χ0v) is 10.9. The van der Waals surface area contributed by atoms with Crippen LogP contribution in [0, 0.1) is 0 Å². The van der Waals surface area contributed by atoms with Gasteiger partial charge in [0.2, 0.25) is 0 Å². The van der Waals surface area contributed by atoms with Crippen molar-refractivity contribution in [2.24, 2.45) is 0 Å². The van der Waals surface area contributed by atoms with Crippen LogP contribution in [0.5, 0.6) is 5.75 Å². The monoisotopic (exact) mass is 271 g/mol. The highest BCUT2D eigenvalue weighted by atomic mass is 32.2. The molecule has 6 nitrogen and oxygen atoms in total. The molecule has 0 aromatic heterocycles. The van der Waals surface area contributed by atoms with Crippen LogP contribution >= 0.6 is 0 Å². The molecule has 18 heavy (non-hydrogen) atoms. The Kier molecular flexibility index (Phi) is 4.40. The molecule has 2 rings (SSSR count). The molecule has 7 heteroatoms. The summed E-state index contributed by atoms with van der Waals surface area (Å²) in [4.78, 5) is 2.14. The van der Waals surface area contributed by atoms with E-state index in [1.807, 2.05) is 6.07 Å². The molecule has 1 N–H and O–H groups in total. The van der Waals surface area contributed by atoms with Gasteiger partial charge in [0.1, 0.15) is 5.75 Å². The predicted molar refractivity (Wildman–Crippen MR) is 68.6 cm³/mol. The third-order valence-corrected chi connectivity index (χ3v) is 3.14. The number of rotatable bonds is 4. The molecule has 1 aliphatic rings. The van der Waals surface area contributed by atoms with Gasteiger partial charge in [-0.15, -0.1) is 0 Å². The van der Waals surface area contributed by atoms with E-state index in [-0.39, 0.29) is 0 Å². The summed E-state index contributed by atoms with van der Waals surface area (Å²) in [5.41, 5.74) is 1.39. The fourth-order valence-electron chi connectivity index (χ4n) is 1.88. The van der Waals surface area contributed by atoms with Crippen LogP contribution in [-0.4, -0.2) is 42.2 Å². The number of benzene rings is 1. The quantitative estimate of drug-likeness (QED) is 0.818. The molecular formula is C11H15N2O4S-. The van der Waals surface area contributed by atoms with Crippen LogP contribution in [0.2, 0.25) is 0 Å². The lowest BCUT2D eigenvalue weighted by atomic mass is 10.2. The number of anilines is 2. The lowest BCUT2D eigenvalue weighted by Gasteiger charge is -2.29. The SMILES string of the molecule is COc1ccc(N2CCOCC2)cc1NS(=O)[O-]. The third-order valence-electron chi connectivity index (χ3n) is 2.75. The highest BCUT2D eigenvalue weighted by Gasteiger charge is 2.13. The second-order valence-corrected chi connectivity index (χ2v) is 4.49. The Labute approximate surface area is 108 Å². The minimum atomic E-state index is -2.36. The summed E-state index contributed by atoms with van der Waals surface area (Å²) < 4.78 is 34.2. The van der Waals surface area contributed by atoms with E-state index in [9.17, 15) is 8.76 Å². The number of ether oxygens (including phenoxy) is 2. The van der Waals surface area contributed by atoms with Gasteiger partial charge in [-0.05, 0) is 18.2 Å². The molecule has 0 amide bonds. The van der Waals surface area contributed by atoms with Crippen molar-refractivity contribution in [1.29, 1.82) is 0 Å². The summed E-state index contributed by atoms with van der Waals surface area (Å²) in [6.07, 6.45) is 0. The average molecular weight is 271 g/mol. The number of hydrogen-bond acceptors (Lipinski definition) is 5. The van der Waals surface area contributed by atoms with Gasteiger partial charge in [-0.2, -0.15) is 0 Å². The number of nitrogens with zero attached hydrogens (tertiary/aromatic N) is 1. The maximum absolute atomic E-state index is 10.7. The van der Waals surface area contributed by atoms with Gasteiger partial charge in [-0.25, -0.2) is 0 Å². The molecule has 0 saturated carbocycles. The summed E-state index contributed by atoms with van der Waals surface area (Å²) in [5.74, 6) is 0.496. The van der Waals surface area contributed by atoms with Crippen molar-refractivity contribution < 1.29 is 18.2 Å². The normalized spacial score (nSPS) is 17.3. The molecule has 1 atom stereocenters. The van der Waals surface area contributed by atoms with Gasteiger partial charge >= 0.3 is 0 Å². The van der Waals surface area contributed by atoms with E-state index in [1.54, 1.807) is 12.1 Å². The lowest BCUT2D eigenvalue weighted by Crippen LogP contribution is -2.36. The first-order valence-electron chi connectivity index (χ1n) is 5.57. The van der Waals surface area contributed by atoms with Gasteiger partial charge in [0.15, 0.2) is 0 Å². The van der Waals surface area contributed by atoms with Crippen molar-refractivity contribution >= 4 is 22.6 Å². The first-order valence-corrected chi connectivity index (χ1v) is 6.65. The van der Waals surface area contributed by atoms with Gasteiger partial charge < -0.3 is 23.6 Å². The van der Waals surface area contributed by atoms with E-state index in [4.69, 9.17) is 9.47 Å². The van der Waals surface area contributed by atoms with Crippen molar-refractivity contribution in [3.05, 3.63) is 18.2 Å². The molecule has 1 unspecified atom stereocenters. The Morgan fingerprint density at radius 2 is 2.17 bits per heavy atom. The maximum Gasteiger partial charge on any atom is 0.142 e. The van der Waals surface area contributed by atoms with E-state index in [0.717, 1.165) is 18.8 Å². The van der Waals surface area contributed by atoms with Crippen LogP contribution < -0.4 is 14.4 Å². The molecule has 1 aromatic carbocycles. The predicted octanol–water partition coefficient (Wildman–Crippen LogP) is 0.738. The molecule has 100 valence electrons. The topological polar surface area (TPSA) is 73.9 Å². The molecular weight excluding hydrogens is 256 g/mol. The first-order chi connectivity index (χ1) is 8.70. The minimum Gasteiger partial charge on any atom is -0.755 e. The molecule has 1 heterocycles. The van der Waals surface area contributed by atoms with Crippen molar-refractivity contribution in [2.75, 3.05) is 43.0 Å². The first kappa shape index (κ1) is 13.1. The lowest BCUT2D eigenvalue weighted by molar-refractivity contribution is 0.122. The Morgan fingerprint density at radius 1 is 1.44 bits per heavy atom. The van der Waals surface area contributed by atoms with Crippen LogP contribution in [0.25, 0.3) is 0 Å². The van der Waals surface area contributed by atoms with Gasteiger partial charge in [0.25, 0.3) is 0 Å². The summed E-state index contributed by atoms with van der Waals surface area (Å²) in [6.45, 7) is 2.96. The zero-order chi connectivity index (χ0) is 13.0. The molecule has 0 radical (unpaired) electrons. The Balaban J connectivity index is 2.23. The molecule has 0 bridgehead atoms. The Hall–Kier alpha value is -1.31. The standard InChI is InChI=1S/C11H16N2O4S/c1-16-11-3-2-9(8-10(11)12-18(14)15)13-4-6-17-7-5-13/h2-3,8,12H,4-7H2,1H3,(H,14,15)/p-1. The van der Waals surface area contributed by atoms with Crippen molar-refractivity contribution in [3.63, 3.8) is 0 Å². The van der Waals surface area contributed by atoms with Crippen LogP contribution in [0.15, 0.2) is 18.2 Å². The fraction of sp³-hybridized carbons (Fsp3) is 0.455. The minimum absolute atomic E-state index is 0.440. The van der Waals surface area contributed by atoms with Crippen LogP contribution in [0.3, 0.4) is 0 Å². The largest absolute Gasteiger partial charge is 0.755 e. The molecule has 1 aromatic rings. The summed E-state index contributed by atoms with van der Waals surface area (Å²) in [5, 5.41) is 0. The summed E-state index contributed by atoms with van der Waals surface area (Å²) >= 11 is -2.36. The molecule has 1 saturated heterocycles. The number of methoxy groups -OCH3 is 1. The summed E-state index contributed by atoms with van der Waals surface area (Å²) in [6, 6.07) is 5.42. The van der Waals surface area contributed by atoms with Crippen LogP contribution in [0.1, 0.15) is 0 Å². The van der Waals surface area contributed by atoms with Gasteiger partial charge in [0.05, 0.1) is 26.0 Å². The summed E-state index contributed by atoms with van der Waals surface area (Å²) in [7, 11) is 1.50. The van der Waals surface area contributed by atoms with E-state index in [0.29, 0.717) is 24.7 Å². The number of morpholine rings is 1. The van der Waals surface area contributed by atoms with E-state index in [2.05, 4.69) is 9.62 Å². The smallest absolute Gasteiger partial charge is 0.142 e. The highest BCUT2D eigenvalue weighted by Crippen LogP contribution is 2.30. The van der Waals surface area contributed by atoms with Gasteiger partial charge in [-0.3, -0.25) is 4.21 Å². The maximum atomic E-state index is 10.7.